The molecule has 1 aromatic carbocycles. The summed E-state index contributed by atoms with van der Waals surface area (Å²) < 4.78 is 20.2. The van der Waals surface area contributed by atoms with Gasteiger partial charge in [0.05, 0.1) is 29.6 Å². The first-order valence-corrected chi connectivity index (χ1v) is 11.2. The van der Waals surface area contributed by atoms with E-state index in [0.29, 0.717) is 16.9 Å². The molecule has 190 valence electrons. The van der Waals surface area contributed by atoms with Crippen LogP contribution in [0.5, 0.6) is 5.75 Å². The van der Waals surface area contributed by atoms with Gasteiger partial charge in [0.15, 0.2) is 23.1 Å². The summed E-state index contributed by atoms with van der Waals surface area (Å²) in [4.78, 5) is 25.2. The molecule has 0 unspecified atom stereocenters. The normalized spacial score (nSPS) is 11.1. The molecular weight excluding hydrogens is 479 g/mol. The lowest BCUT2D eigenvalue weighted by Gasteiger charge is -2.18. The van der Waals surface area contributed by atoms with Crippen LogP contribution in [-0.2, 0) is 5.60 Å². The van der Waals surface area contributed by atoms with Crippen LogP contribution in [0.4, 0.5) is 27.4 Å². The Morgan fingerprint density at radius 3 is 2.38 bits per heavy atom. The molecule has 4 rings (SSSR count). The zero-order valence-electron chi connectivity index (χ0n) is 20.6. The molecule has 0 bridgehead atoms. The number of rotatable bonds is 8. The number of hydrogen-bond acceptors (Lipinski definition) is 10. The zero-order valence-corrected chi connectivity index (χ0v) is 20.6. The Balaban J connectivity index is 1.72. The molecule has 37 heavy (non-hydrogen) atoms. The summed E-state index contributed by atoms with van der Waals surface area (Å²) in [6.07, 6.45) is 4.62. The number of amides is 1. The SMILES string of the molecule is CNC(=O)c1nnc(Nc2ccc(C(C)(C)O)cn2)cc1Nc1cc(F)cc(-c2ncccn2)c1OC. The van der Waals surface area contributed by atoms with Crippen molar-refractivity contribution in [2.75, 3.05) is 24.8 Å². The van der Waals surface area contributed by atoms with Crippen LogP contribution < -0.4 is 20.7 Å². The van der Waals surface area contributed by atoms with E-state index >= 15 is 0 Å². The molecule has 3 heterocycles. The molecule has 4 aromatic rings. The van der Waals surface area contributed by atoms with E-state index < -0.39 is 17.3 Å². The van der Waals surface area contributed by atoms with Gasteiger partial charge in [-0.25, -0.2) is 19.3 Å². The van der Waals surface area contributed by atoms with Gasteiger partial charge in [-0.2, -0.15) is 0 Å². The average Bonchev–Trinajstić information content (AvgIpc) is 2.88. The van der Waals surface area contributed by atoms with Crippen molar-refractivity contribution in [3.63, 3.8) is 0 Å². The van der Waals surface area contributed by atoms with E-state index in [2.05, 4.69) is 41.1 Å². The van der Waals surface area contributed by atoms with Crippen molar-refractivity contribution in [3.8, 4) is 17.1 Å². The minimum Gasteiger partial charge on any atom is -0.494 e. The summed E-state index contributed by atoms with van der Waals surface area (Å²) in [5.74, 6) is 0.170. The largest absolute Gasteiger partial charge is 0.494 e. The zero-order chi connectivity index (χ0) is 26.6. The smallest absolute Gasteiger partial charge is 0.273 e. The summed E-state index contributed by atoms with van der Waals surface area (Å²) in [6.45, 7) is 3.32. The molecule has 0 atom stereocenters. The quantitative estimate of drug-likeness (QED) is 0.281. The summed E-state index contributed by atoms with van der Waals surface area (Å²) in [5.41, 5.74) is 0.352. The van der Waals surface area contributed by atoms with E-state index in [1.54, 1.807) is 38.2 Å². The van der Waals surface area contributed by atoms with Gasteiger partial charge in [-0.05, 0) is 32.0 Å². The number of hydrogen-bond donors (Lipinski definition) is 4. The molecule has 3 aromatic heterocycles. The third kappa shape index (κ3) is 5.76. The monoisotopic (exact) mass is 504 g/mol. The van der Waals surface area contributed by atoms with Gasteiger partial charge in [0.2, 0.25) is 0 Å². The molecule has 11 nitrogen and oxygen atoms in total. The number of nitrogens with one attached hydrogen (secondary N) is 3. The van der Waals surface area contributed by atoms with Gasteiger partial charge in [-0.1, -0.05) is 6.07 Å². The number of aromatic nitrogens is 5. The van der Waals surface area contributed by atoms with Crippen LogP contribution in [0.25, 0.3) is 11.4 Å². The fraction of sp³-hybridized carbons (Fsp3) is 0.200. The fourth-order valence-corrected chi connectivity index (χ4v) is 3.45. The molecule has 0 aliphatic rings. The van der Waals surface area contributed by atoms with Crippen molar-refractivity contribution in [2.24, 2.45) is 0 Å². The molecule has 0 aliphatic carbocycles. The van der Waals surface area contributed by atoms with Crippen LogP contribution in [0.15, 0.2) is 55.0 Å². The highest BCUT2D eigenvalue weighted by atomic mass is 19.1. The summed E-state index contributed by atoms with van der Waals surface area (Å²) in [7, 11) is 2.90. The lowest BCUT2D eigenvalue weighted by atomic mass is 10.0. The fourth-order valence-electron chi connectivity index (χ4n) is 3.45. The van der Waals surface area contributed by atoms with Crippen molar-refractivity contribution < 1.29 is 19.0 Å². The second-order valence-electron chi connectivity index (χ2n) is 8.42. The number of methoxy groups -OCH3 is 1. The van der Waals surface area contributed by atoms with Crippen LogP contribution in [0.3, 0.4) is 0 Å². The number of benzene rings is 1. The van der Waals surface area contributed by atoms with Gasteiger partial charge in [-0.3, -0.25) is 4.79 Å². The van der Waals surface area contributed by atoms with Crippen LogP contribution >= 0.6 is 0 Å². The van der Waals surface area contributed by atoms with Gasteiger partial charge in [0.25, 0.3) is 5.91 Å². The van der Waals surface area contributed by atoms with Crippen LogP contribution in [0.1, 0.15) is 29.9 Å². The van der Waals surface area contributed by atoms with Crippen molar-refractivity contribution in [3.05, 3.63) is 72.1 Å². The minimum absolute atomic E-state index is 0.0257. The Bertz CT molecular complexity index is 1410. The van der Waals surface area contributed by atoms with Crippen LogP contribution in [0, 0.1) is 5.82 Å². The maximum atomic E-state index is 14.6. The standard InChI is InChI=1S/C25H25FN8O3/c1-25(2,36)14-6-7-19(30-13-14)32-20-12-17(21(34-33-20)24(35)27-3)31-18-11-15(26)10-16(22(18)37-4)23-28-8-5-9-29-23/h5-13,36H,1-4H3,(H,27,35)(H2,30,31,32,33). The van der Waals surface area contributed by atoms with Gasteiger partial charge < -0.3 is 25.8 Å². The topological polar surface area (TPSA) is 147 Å². The van der Waals surface area contributed by atoms with Gasteiger partial charge in [0, 0.05) is 43.3 Å². The van der Waals surface area contributed by atoms with Gasteiger partial charge in [-0.15, -0.1) is 10.2 Å². The number of carbonyl (C=O) groups excluding carboxylic acids is 1. The summed E-state index contributed by atoms with van der Waals surface area (Å²) >= 11 is 0. The molecule has 4 N–H and O–H groups in total. The lowest BCUT2D eigenvalue weighted by Crippen LogP contribution is -2.21. The number of aliphatic hydroxyl groups is 1. The maximum absolute atomic E-state index is 14.6. The predicted octanol–water partition coefficient (Wildman–Crippen LogP) is 3.55. The Kier molecular flexibility index (Phi) is 7.20. The van der Waals surface area contributed by atoms with E-state index in [1.165, 1.54) is 44.8 Å². The Labute approximate surface area is 212 Å². The predicted molar refractivity (Wildman–Crippen MR) is 135 cm³/mol. The number of pyridine rings is 1. The van der Waals surface area contributed by atoms with E-state index in [1.807, 2.05) is 0 Å². The highest BCUT2D eigenvalue weighted by molar-refractivity contribution is 5.99. The molecule has 0 saturated heterocycles. The Morgan fingerprint density at radius 1 is 1.00 bits per heavy atom. The molecule has 0 fully saturated rings. The first-order valence-electron chi connectivity index (χ1n) is 11.2. The van der Waals surface area contributed by atoms with E-state index in [-0.39, 0.29) is 34.5 Å². The first kappa shape index (κ1) is 25.4. The first-order chi connectivity index (χ1) is 17.7. The number of nitrogens with zero attached hydrogens (tertiary/aromatic N) is 5. The Morgan fingerprint density at radius 2 is 1.76 bits per heavy atom. The molecule has 0 aliphatic heterocycles. The Hall–Kier alpha value is -4.71. The third-order valence-electron chi connectivity index (χ3n) is 5.30. The van der Waals surface area contributed by atoms with E-state index in [0.717, 1.165) is 0 Å². The molecular formula is C25H25FN8O3. The second kappa shape index (κ2) is 10.5. The van der Waals surface area contributed by atoms with Crippen LogP contribution in [0.2, 0.25) is 0 Å². The van der Waals surface area contributed by atoms with Crippen molar-refractivity contribution in [1.82, 2.24) is 30.5 Å². The summed E-state index contributed by atoms with van der Waals surface area (Å²) in [5, 5.41) is 26.8. The van der Waals surface area contributed by atoms with Crippen molar-refractivity contribution in [1.29, 1.82) is 0 Å². The highest BCUT2D eigenvalue weighted by Gasteiger charge is 2.20. The third-order valence-corrected chi connectivity index (χ3v) is 5.30. The number of halogens is 1. The molecule has 12 heteroatoms. The number of ether oxygens (including phenoxy) is 1. The molecule has 0 spiro atoms. The van der Waals surface area contributed by atoms with Crippen LogP contribution in [-0.4, -0.2) is 50.3 Å². The highest BCUT2D eigenvalue weighted by Crippen LogP contribution is 2.38. The van der Waals surface area contributed by atoms with Crippen molar-refractivity contribution >= 4 is 28.9 Å². The lowest BCUT2D eigenvalue weighted by molar-refractivity contribution is 0.0782. The average molecular weight is 505 g/mol. The maximum Gasteiger partial charge on any atom is 0.273 e. The number of carbonyl (C=O) groups is 1. The van der Waals surface area contributed by atoms with Crippen molar-refractivity contribution in [2.45, 2.75) is 19.4 Å². The molecule has 0 radical (unpaired) electrons. The second-order valence-corrected chi connectivity index (χ2v) is 8.42. The van der Waals surface area contributed by atoms with Gasteiger partial charge >= 0.3 is 0 Å². The molecule has 0 saturated carbocycles. The van der Waals surface area contributed by atoms with Gasteiger partial charge in [0.1, 0.15) is 11.6 Å². The minimum atomic E-state index is -1.04. The molecule has 1 amide bonds. The van der Waals surface area contributed by atoms with E-state index in [4.69, 9.17) is 4.74 Å². The van der Waals surface area contributed by atoms with E-state index in [9.17, 15) is 14.3 Å². The summed E-state index contributed by atoms with van der Waals surface area (Å²) in [6, 6.07) is 9.08. The number of anilines is 4.